The first-order valence-corrected chi connectivity index (χ1v) is 8.86. The van der Waals surface area contributed by atoms with Crippen molar-refractivity contribution in [2.75, 3.05) is 32.0 Å². The van der Waals surface area contributed by atoms with Crippen LogP contribution in [-0.4, -0.2) is 59.1 Å². The number of anilines is 1. The van der Waals surface area contributed by atoms with Crippen LogP contribution in [0.15, 0.2) is 0 Å². The third kappa shape index (κ3) is 4.48. The van der Waals surface area contributed by atoms with Gasteiger partial charge in [-0.1, -0.05) is 6.92 Å². The highest BCUT2D eigenvalue weighted by Gasteiger charge is 2.23. The Balaban J connectivity index is 1.96. The molecular formula is C17H30N4O3. The van der Waals surface area contributed by atoms with Crippen molar-refractivity contribution >= 4 is 11.8 Å². The van der Waals surface area contributed by atoms with Gasteiger partial charge in [-0.25, -0.2) is 9.48 Å². The third-order valence-corrected chi connectivity index (χ3v) is 4.22. The van der Waals surface area contributed by atoms with Crippen molar-refractivity contribution in [3.8, 4) is 0 Å². The topological polar surface area (TPSA) is 82.6 Å². The smallest absolute Gasteiger partial charge is 0.343 e. The molecule has 7 heteroatoms. The van der Waals surface area contributed by atoms with Crippen LogP contribution in [0, 0.1) is 0 Å². The number of rotatable bonds is 7. The van der Waals surface area contributed by atoms with Crippen LogP contribution in [-0.2, 0) is 22.4 Å². The number of morpholine rings is 1. The summed E-state index contributed by atoms with van der Waals surface area (Å²) in [5.41, 5.74) is 7.27. The van der Waals surface area contributed by atoms with E-state index in [1.54, 1.807) is 11.6 Å². The molecule has 0 amide bonds. The lowest BCUT2D eigenvalue weighted by atomic mass is 10.2. The Morgan fingerprint density at radius 1 is 1.29 bits per heavy atom. The Hall–Kier alpha value is -1.60. The van der Waals surface area contributed by atoms with Crippen LogP contribution in [0.5, 0.6) is 0 Å². The summed E-state index contributed by atoms with van der Waals surface area (Å²) in [6.45, 7) is 11.9. The molecule has 24 heavy (non-hydrogen) atoms. The number of nitrogen functional groups attached to an aromatic ring is 1. The lowest BCUT2D eigenvalue weighted by molar-refractivity contribution is -0.0683. The second-order valence-corrected chi connectivity index (χ2v) is 6.37. The van der Waals surface area contributed by atoms with Gasteiger partial charge in [-0.15, -0.1) is 0 Å². The average Bonchev–Trinajstić information content (AvgIpc) is 2.83. The molecule has 2 atom stereocenters. The average molecular weight is 338 g/mol. The maximum absolute atomic E-state index is 12.1. The van der Waals surface area contributed by atoms with Crippen LogP contribution < -0.4 is 5.73 Å². The quantitative estimate of drug-likeness (QED) is 0.762. The van der Waals surface area contributed by atoms with Gasteiger partial charge in [0.1, 0.15) is 11.4 Å². The van der Waals surface area contributed by atoms with E-state index in [-0.39, 0.29) is 18.2 Å². The van der Waals surface area contributed by atoms with E-state index in [1.807, 2.05) is 6.92 Å². The van der Waals surface area contributed by atoms with Gasteiger partial charge in [0, 0.05) is 26.2 Å². The number of hydrogen-bond donors (Lipinski definition) is 1. The van der Waals surface area contributed by atoms with E-state index in [0.29, 0.717) is 36.6 Å². The molecular weight excluding hydrogens is 308 g/mol. The van der Waals surface area contributed by atoms with E-state index < -0.39 is 0 Å². The molecule has 1 aliphatic heterocycles. The number of hydrogen-bond acceptors (Lipinski definition) is 6. The highest BCUT2D eigenvalue weighted by atomic mass is 16.5. The van der Waals surface area contributed by atoms with Gasteiger partial charge in [0.05, 0.1) is 24.5 Å². The van der Waals surface area contributed by atoms with Crippen molar-refractivity contribution in [3.05, 3.63) is 11.3 Å². The molecule has 1 aliphatic rings. The standard InChI is InChI=1S/C17H30N4O3/c1-5-14-15(17(22)23-6-2)16(18)21(19-14)9-7-8-20-10-12(3)24-13(4)11-20/h12-13H,5-11,18H2,1-4H3/t12-,13+. The van der Waals surface area contributed by atoms with Gasteiger partial charge in [-0.05, 0) is 33.6 Å². The van der Waals surface area contributed by atoms with Gasteiger partial charge in [0.2, 0.25) is 0 Å². The molecule has 0 radical (unpaired) electrons. The van der Waals surface area contributed by atoms with Crippen LogP contribution in [0.1, 0.15) is 50.2 Å². The second-order valence-electron chi connectivity index (χ2n) is 6.37. The second kappa shape index (κ2) is 8.48. The number of aryl methyl sites for hydroxylation is 2. The molecule has 2 rings (SSSR count). The van der Waals surface area contributed by atoms with Crippen molar-refractivity contribution in [3.63, 3.8) is 0 Å². The first kappa shape index (κ1) is 18.7. The van der Waals surface area contributed by atoms with E-state index in [4.69, 9.17) is 15.2 Å². The molecule has 2 N–H and O–H groups in total. The maximum Gasteiger partial charge on any atom is 0.343 e. The van der Waals surface area contributed by atoms with Gasteiger partial charge < -0.3 is 15.2 Å². The molecule has 0 aromatic carbocycles. The van der Waals surface area contributed by atoms with Crippen molar-refractivity contribution in [2.24, 2.45) is 0 Å². The minimum absolute atomic E-state index is 0.269. The van der Waals surface area contributed by atoms with Crippen LogP contribution in [0.25, 0.3) is 0 Å². The van der Waals surface area contributed by atoms with E-state index in [2.05, 4.69) is 23.8 Å². The highest BCUT2D eigenvalue weighted by Crippen LogP contribution is 2.19. The van der Waals surface area contributed by atoms with Crippen molar-refractivity contribution in [2.45, 2.75) is 59.3 Å². The Morgan fingerprint density at radius 2 is 1.96 bits per heavy atom. The first-order chi connectivity index (χ1) is 11.5. The lowest BCUT2D eigenvalue weighted by Crippen LogP contribution is -2.45. The minimum atomic E-state index is -0.381. The Labute approximate surface area is 144 Å². The summed E-state index contributed by atoms with van der Waals surface area (Å²) in [6, 6.07) is 0. The highest BCUT2D eigenvalue weighted by molar-refractivity contribution is 5.95. The zero-order valence-electron chi connectivity index (χ0n) is 15.2. The summed E-state index contributed by atoms with van der Waals surface area (Å²) in [7, 11) is 0. The Bertz CT molecular complexity index is 548. The molecule has 136 valence electrons. The summed E-state index contributed by atoms with van der Waals surface area (Å²) >= 11 is 0. The molecule has 1 aromatic rings. The first-order valence-electron chi connectivity index (χ1n) is 8.86. The predicted octanol–water partition coefficient (Wildman–Crippen LogP) is 1.70. The molecule has 1 fully saturated rings. The number of esters is 1. The van der Waals surface area contributed by atoms with Gasteiger partial charge in [-0.3, -0.25) is 4.90 Å². The zero-order valence-corrected chi connectivity index (χ0v) is 15.2. The number of aromatic nitrogens is 2. The summed E-state index contributed by atoms with van der Waals surface area (Å²) in [5.74, 6) is 0.0305. The summed E-state index contributed by atoms with van der Waals surface area (Å²) in [6.07, 6.45) is 2.12. The fourth-order valence-corrected chi connectivity index (χ4v) is 3.28. The van der Waals surface area contributed by atoms with E-state index in [1.165, 1.54) is 0 Å². The Morgan fingerprint density at radius 3 is 2.54 bits per heavy atom. The molecule has 0 bridgehead atoms. The molecule has 1 saturated heterocycles. The molecule has 1 aromatic heterocycles. The lowest BCUT2D eigenvalue weighted by Gasteiger charge is -2.35. The van der Waals surface area contributed by atoms with Crippen LogP contribution >= 0.6 is 0 Å². The van der Waals surface area contributed by atoms with Gasteiger partial charge in [-0.2, -0.15) is 5.10 Å². The van der Waals surface area contributed by atoms with Gasteiger partial charge >= 0.3 is 5.97 Å². The fourth-order valence-electron chi connectivity index (χ4n) is 3.28. The van der Waals surface area contributed by atoms with Crippen molar-refractivity contribution in [1.29, 1.82) is 0 Å². The molecule has 0 unspecified atom stereocenters. The van der Waals surface area contributed by atoms with Crippen molar-refractivity contribution in [1.82, 2.24) is 14.7 Å². The van der Waals surface area contributed by atoms with Crippen LogP contribution in [0.4, 0.5) is 5.82 Å². The summed E-state index contributed by atoms with van der Waals surface area (Å²) < 4.78 is 12.6. The largest absolute Gasteiger partial charge is 0.462 e. The maximum atomic E-state index is 12.1. The zero-order chi connectivity index (χ0) is 17.7. The van der Waals surface area contributed by atoms with Gasteiger partial charge in [0.15, 0.2) is 0 Å². The predicted molar refractivity (Wildman–Crippen MR) is 93.0 cm³/mol. The van der Waals surface area contributed by atoms with Gasteiger partial charge in [0.25, 0.3) is 0 Å². The monoisotopic (exact) mass is 338 g/mol. The summed E-state index contributed by atoms with van der Waals surface area (Å²) in [5, 5.41) is 4.49. The van der Waals surface area contributed by atoms with Crippen LogP contribution in [0.2, 0.25) is 0 Å². The summed E-state index contributed by atoms with van der Waals surface area (Å²) in [4.78, 5) is 14.5. The Kier molecular flexibility index (Phi) is 6.62. The van der Waals surface area contributed by atoms with E-state index in [0.717, 1.165) is 26.1 Å². The molecule has 0 spiro atoms. The number of nitrogens with zero attached hydrogens (tertiary/aromatic N) is 3. The molecule has 2 heterocycles. The number of carbonyl (C=O) groups is 1. The minimum Gasteiger partial charge on any atom is -0.462 e. The number of ether oxygens (including phenoxy) is 2. The van der Waals surface area contributed by atoms with Crippen LogP contribution in [0.3, 0.4) is 0 Å². The number of nitrogens with two attached hydrogens (primary N) is 1. The fraction of sp³-hybridized carbons (Fsp3) is 0.765. The van der Waals surface area contributed by atoms with E-state index >= 15 is 0 Å². The SMILES string of the molecule is CCOC(=O)c1c(CC)nn(CCCN2C[C@@H](C)O[C@@H](C)C2)c1N. The molecule has 0 saturated carbocycles. The molecule has 0 aliphatic carbocycles. The normalized spacial score (nSPS) is 21.8. The molecule has 7 nitrogen and oxygen atoms in total. The number of carbonyl (C=O) groups excluding carboxylic acids is 1. The third-order valence-electron chi connectivity index (χ3n) is 4.22. The van der Waals surface area contributed by atoms with Crippen molar-refractivity contribution < 1.29 is 14.3 Å². The van der Waals surface area contributed by atoms with E-state index in [9.17, 15) is 4.79 Å².